The van der Waals surface area contributed by atoms with E-state index < -0.39 is 0 Å². The third-order valence-corrected chi connectivity index (χ3v) is 3.81. The number of hydrogen-bond donors (Lipinski definition) is 2. The second-order valence-electron chi connectivity index (χ2n) is 5.87. The molecular formula is C14H23N7. The zero-order chi connectivity index (χ0) is 15.0. The van der Waals surface area contributed by atoms with Gasteiger partial charge in [0, 0.05) is 38.4 Å². The molecule has 0 spiro atoms. The maximum Gasteiger partial charge on any atom is 0.245 e. The normalized spacial score (nSPS) is 22.8. The molecule has 2 N–H and O–H groups in total. The van der Waals surface area contributed by atoms with Crippen LogP contribution in [0.3, 0.4) is 0 Å². The van der Waals surface area contributed by atoms with Gasteiger partial charge in [-0.25, -0.2) is 0 Å². The van der Waals surface area contributed by atoms with Gasteiger partial charge in [0.15, 0.2) is 5.82 Å². The summed E-state index contributed by atoms with van der Waals surface area (Å²) in [5, 5.41) is 15.4. The molecule has 0 aliphatic carbocycles. The van der Waals surface area contributed by atoms with E-state index in [4.69, 9.17) is 0 Å². The van der Waals surface area contributed by atoms with Gasteiger partial charge >= 0.3 is 0 Å². The Labute approximate surface area is 124 Å². The van der Waals surface area contributed by atoms with Crippen molar-refractivity contribution in [2.45, 2.75) is 39.3 Å². The molecule has 0 saturated carbocycles. The van der Waals surface area contributed by atoms with Crippen LogP contribution in [0.25, 0.3) is 11.4 Å². The van der Waals surface area contributed by atoms with E-state index in [-0.39, 0.29) is 0 Å². The largest absolute Gasteiger partial charge is 0.336 e. The van der Waals surface area contributed by atoms with Gasteiger partial charge in [-0.2, -0.15) is 10.1 Å². The summed E-state index contributed by atoms with van der Waals surface area (Å²) in [4.78, 5) is 6.90. The maximum absolute atomic E-state index is 4.67. The molecular weight excluding hydrogens is 266 g/mol. The molecule has 2 aromatic rings. The van der Waals surface area contributed by atoms with Crippen molar-refractivity contribution in [2.75, 3.05) is 18.0 Å². The Morgan fingerprint density at radius 1 is 1.29 bits per heavy atom. The lowest BCUT2D eigenvalue weighted by atomic mass is 10.1. The Bertz CT molecular complexity index is 605. The summed E-state index contributed by atoms with van der Waals surface area (Å²) in [6.07, 6.45) is 2.88. The van der Waals surface area contributed by atoms with E-state index in [0.29, 0.717) is 12.1 Å². The van der Waals surface area contributed by atoms with Gasteiger partial charge in [-0.15, -0.1) is 5.10 Å². The van der Waals surface area contributed by atoms with Crippen molar-refractivity contribution in [2.24, 2.45) is 7.05 Å². The Kier molecular flexibility index (Phi) is 3.67. The highest BCUT2D eigenvalue weighted by atomic mass is 15.4. The Morgan fingerprint density at radius 3 is 2.67 bits per heavy atom. The van der Waals surface area contributed by atoms with Crippen LogP contribution in [0, 0.1) is 0 Å². The highest BCUT2D eigenvalue weighted by Gasteiger charge is 2.24. The van der Waals surface area contributed by atoms with Crippen LogP contribution in [0.2, 0.25) is 0 Å². The fourth-order valence-electron chi connectivity index (χ4n) is 3.00. The van der Waals surface area contributed by atoms with Gasteiger partial charge in [-0.1, -0.05) is 6.92 Å². The van der Waals surface area contributed by atoms with Crippen molar-refractivity contribution in [1.29, 1.82) is 0 Å². The quantitative estimate of drug-likeness (QED) is 0.880. The first-order valence-electron chi connectivity index (χ1n) is 7.53. The van der Waals surface area contributed by atoms with Crippen LogP contribution in [-0.2, 0) is 13.5 Å². The minimum Gasteiger partial charge on any atom is -0.336 e. The molecule has 7 nitrogen and oxygen atoms in total. The first kappa shape index (κ1) is 14.1. The minimum absolute atomic E-state index is 0.445. The van der Waals surface area contributed by atoms with E-state index >= 15 is 0 Å². The molecule has 3 rings (SSSR count). The fraction of sp³-hybridized carbons (Fsp3) is 0.643. The monoisotopic (exact) mass is 289 g/mol. The van der Waals surface area contributed by atoms with Crippen LogP contribution in [0.15, 0.2) is 6.20 Å². The van der Waals surface area contributed by atoms with Gasteiger partial charge in [0.25, 0.3) is 0 Å². The van der Waals surface area contributed by atoms with E-state index in [9.17, 15) is 0 Å². The van der Waals surface area contributed by atoms with Gasteiger partial charge in [0.1, 0.15) is 0 Å². The number of piperazine rings is 1. The molecule has 0 radical (unpaired) electrons. The van der Waals surface area contributed by atoms with Crippen molar-refractivity contribution in [3.05, 3.63) is 11.9 Å². The molecule has 1 aliphatic heterocycles. The lowest BCUT2D eigenvalue weighted by Crippen LogP contribution is -2.54. The predicted octanol–water partition coefficient (Wildman–Crippen LogP) is 0.954. The van der Waals surface area contributed by atoms with Gasteiger partial charge < -0.3 is 10.2 Å². The molecule has 2 atom stereocenters. The number of anilines is 1. The van der Waals surface area contributed by atoms with Crippen LogP contribution in [0.5, 0.6) is 0 Å². The lowest BCUT2D eigenvalue weighted by Gasteiger charge is -2.35. The van der Waals surface area contributed by atoms with Crippen LogP contribution in [0.4, 0.5) is 5.95 Å². The van der Waals surface area contributed by atoms with Crippen molar-refractivity contribution in [1.82, 2.24) is 30.3 Å². The van der Waals surface area contributed by atoms with Gasteiger partial charge in [-0.3, -0.25) is 9.78 Å². The summed E-state index contributed by atoms with van der Waals surface area (Å²) in [5.74, 6) is 1.57. The summed E-state index contributed by atoms with van der Waals surface area (Å²) in [7, 11) is 1.93. The van der Waals surface area contributed by atoms with Gasteiger partial charge in [-0.05, 0) is 20.3 Å². The first-order chi connectivity index (χ1) is 10.1. The molecule has 1 fully saturated rings. The topological polar surface area (TPSA) is 74.7 Å². The van der Waals surface area contributed by atoms with Crippen LogP contribution < -0.4 is 10.2 Å². The lowest BCUT2D eigenvalue weighted by molar-refractivity contribution is 0.403. The number of nitrogens with zero attached hydrogens (tertiary/aromatic N) is 5. The van der Waals surface area contributed by atoms with Crippen LogP contribution in [-0.4, -0.2) is 50.1 Å². The molecule has 1 saturated heterocycles. The van der Waals surface area contributed by atoms with Crippen LogP contribution in [0.1, 0.15) is 26.5 Å². The molecule has 21 heavy (non-hydrogen) atoms. The summed E-state index contributed by atoms with van der Waals surface area (Å²) in [6, 6.07) is 0.889. The van der Waals surface area contributed by atoms with Crippen molar-refractivity contribution >= 4 is 5.95 Å². The SMILES string of the molecule is CCc1nn(C)cc1-c1nc(N2CC(C)NC(C)C2)n[nH]1. The number of aromatic amines is 1. The summed E-state index contributed by atoms with van der Waals surface area (Å²) < 4.78 is 1.82. The second kappa shape index (κ2) is 5.48. The van der Waals surface area contributed by atoms with Gasteiger partial charge in [0.2, 0.25) is 5.95 Å². The molecule has 0 aromatic carbocycles. The van der Waals surface area contributed by atoms with Crippen molar-refractivity contribution in [3.8, 4) is 11.4 Å². The molecule has 1 aliphatic rings. The zero-order valence-electron chi connectivity index (χ0n) is 13.1. The van der Waals surface area contributed by atoms with Crippen molar-refractivity contribution in [3.63, 3.8) is 0 Å². The highest BCUT2D eigenvalue weighted by Crippen LogP contribution is 2.22. The van der Waals surface area contributed by atoms with E-state index in [2.05, 4.69) is 51.3 Å². The second-order valence-corrected chi connectivity index (χ2v) is 5.87. The fourth-order valence-corrected chi connectivity index (χ4v) is 3.00. The average molecular weight is 289 g/mol. The molecule has 2 aromatic heterocycles. The van der Waals surface area contributed by atoms with E-state index in [1.807, 2.05) is 17.9 Å². The molecule has 0 bridgehead atoms. The molecule has 0 amide bonds. The smallest absolute Gasteiger partial charge is 0.245 e. The highest BCUT2D eigenvalue weighted by molar-refractivity contribution is 5.58. The van der Waals surface area contributed by atoms with E-state index in [1.165, 1.54) is 0 Å². The number of H-pyrrole nitrogens is 1. The molecule has 114 valence electrons. The maximum atomic E-state index is 4.67. The summed E-state index contributed by atoms with van der Waals surface area (Å²) >= 11 is 0. The number of hydrogen-bond acceptors (Lipinski definition) is 5. The minimum atomic E-state index is 0.445. The number of aromatic nitrogens is 5. The zero-order valence-corrected chi connectivity index (χ0v) is 13.1. The summed E-state index contributed by atoms with van der Waals surface area (Å²) in [6.45, 7) is 8.33. The molecule has 3 heterocycles. The number of rotatable bonds is 3. The van der Waals surface area contributed by atoms with Gasteiger partial charge in [0.05, 0.1) is 11.3 Å². The van der Waals surface area contributed by atoms with Crippen LogP contribution >= 0.6 is 0 Å². The predicted molar refractivity (Wildman–Crippen MR) is 82.2 cm³/mol. The average Bonchev–Trinajstić information content (AvgIpc) is 3.03. The third kappa shape index (κ3) is 2.78. The Balaban J connectivity index is 1.86. The van der Waals surface area contributed by atoms with E-state index in [0.717, 1.165) is 42.5 Å². The van der Waals surface area contributed by atoms with E-state index in [1.54, 1.807) is 0 Å². The standard InChI is InChI=1S/C14H23N7/c1-5-12-11(8-20(4)19-12)13-16-14(18-17-13)21-6-9(2)15-10(3)7-21/h8-10,15H,5-7H2,1-4H3,(H,16,17,18). The number of aryl methyl sites for hydroxylation is 2. The first-order valence-corrected chi connectivity index (χ1v) is 7.53. The Morgan fingerprint density at radius 2 is 2.00 bits per heavy atom. The summed E-state index contributed by atoms with van der Waals surface area (Å²) in [5.41, 5.74) is 2.08. The molecule has 2 unspecified atom stereocenters. The number of nitrogens with one attached hydrogen (secondary N) is 2. The Hall–Kier alpha value is -1.89. The third-order valence-electron chi connectivity index (χ3n) is 3.81. The van der Waals surface area contributed by atoms with Crippen molar-refractivity contribution < 1.29 is 0 Å². The molecule has 7 heteroatoms.